The quantitative estimate of drug-likeness (QED) is 0.805. The number of benzene rings is 1. The Balaban J connectivity index is 3.14. The van der Waals surface area contributed by atoms with E-state index in [2.05, 4.69) is 0 Å². The second-order valence-electron chi connectivity index (χ2n) is 6.55. The molecule has 2 amide bonds. The highest BCUT2D eigenvalue weighted by molar-refractivity contribution is 5.92. The number of halogens is 3. The maximum Gasteiger partial charge on any atom is 0.418 e. The molecule has 0 spiro atoms. The third-order valence-corrected chi connectivity index (χ3v) is 3.62. The van der Waals surface area contributed by atoms with Gasteiger partial charge in [-0.05, 0) is 39.0 Å². The molecule has 0 atom stereocenters. The first-order valence-electron chi connectivity index (χ1n) is 7.50. The highest BCUT2D eigenvalue weighted by atomic mass is 19.4. The van der Waals surface area contributed by atoms with Crippen molar-refractivity contribution in [3.8, 4) is 0 Å². The number of carbonyl (C=O) groups is 2. The first-order chi connectivity index (χ1) is 11.2. The summed E-state index contributed by atoms with van der Waals surface area (Å²) in [6.07, 6.45) is -5.83. The molecule has 0 radical (unpaired) electrons. The molecule has 3 N–H and O–H groups in total. The lowest BCUT2D eigenvalue weighted by molar-refractivity contribution is -0.137. The number of hydrogen-bond acceptors (Lipinski definition) is 3. The molecule has 1 rings (SSSR count). The van der Waals surface area contributed by atoms with Crippen LogP contribution in [0, 0.1) is 0 Å². The van der Waals surface area contributed by atoms with Crippen molar-refractivity contribution in [1.82, 2.24) is 4.90 Å². The topological polar surface area (TPSA) is 86.9 Å². The van der Waals surface area contributed by atoms with Crippen molar-refractivity contribution in [2.45, 2.75) is 39.4 Å². The van der Waals surface area contributed by atoms with E-state index in [0.717, 1.165) is 21.9 Å². The van der Waals surface area contributed by atoms with Gasteiger partial charge >= 0.3 is 12.3 Å². The van der Waals surface area contributed by atoms with Crippen molar-refractivity contribution in [1.29, 1.82) is 0 Å². The first kappa shape index (κ1) is 20.6. The van der Waals surface area contributed by atoms with Gasteiger partial charge in [0.15, 0.2) is 0 Å². The second-order valence-corrected chi connectivity index (χ2v) is 6.55. The van der Waals surface area contributed by atoms with E-state index in [1.54, 1.807) is 20.8 Å². The van der Waals surface area contributed by atoms with Crippen LogP contribution >= 0.6 is 0 Å². The van der Waals surface area contributed by atoms with E-state index in [4.69, 9.17) is 5.73 Å². The fourth-order valence-electron chi connectivity index (χ4n) is 2.34. The molecule has 0 unspecified atom stereocenters. The summed E-state index contributed by atoms with van der Waals surface area (Å²) in [6.45, 7) is 6.12. The number of carboxylic acid groups (broad SMARTS) is 1. The number of nitrogens with zero attached hydrogens (tertiary/aromatic N) is 2. The summed E-state index contributed by atoms with van der Waals surface area (Å²) >= 11 is 0. The summed E-state index contributed by atoms with van der Waals surface area (Å²) in [5, 5.41) is 9.28. The van der Waals surface area contributed by atoms with Gasteiger partial charge in [0.05, 0.1) is 5.56 Å². The maximum atomic E-state index is 13.0. The molecule has 1 aromatic rings. The Morgan fingerprint density at radius 1 is 1.16 bits per heavy atom. The van der Waals surface area contributed by atoms with E-state index in [1.165, 1.54) is 13.0 Å². The molecule has 25 heavy (non-hydrogen) atoms. The van der Waals surface area contributed by atoms with Crippen LogP contribution in [-0.2, 0) is 11.0 Å². The summed E-state index contributed by atoms with van der Waals surface area (Å²) in [6, 6.07) is 3.17. The molecule has 6 nitrogen and oxygen atoms in total. The minimum atomic E-state index is -4.65. The van der Waals surface area contributed by atoms with Crippen LogP contribution in [0.3, 0.4) is 0 Å². The lowest BCUT2D eigenvalue weighted by Crippen LogP contribution is -2.49. The van der Waals surface area contributed by atoms with E-state index in [1.807, 2.05) is 0 Å². The molecular formula is C16H22F3N3O3. The van der Waals surface area contributed by atoms with E-state index in [-0.39, 0.29) is 18.8 Å². The van der Waals surface area contributed by atoms with Crippen molar-refractivity contribution in [2.75, 3.05) is 23.7 Å². The van der Waals surface area contributed by atoms with Crippen LogP contribution in [0.5, 0.6) is 0 Å². The van der Waals surface area contributed by atoms with Crippen molar-refractivity contribution in [3.63, 3.8) is 0 Å². The van der Waals surface area contributed by atoms with Gasteiger partial charge < -0.3 is 20.6 Å². The average molecular weight is 361 g/mol. The number of carbonyl (C=O) groups excluding carboxylic acids is 1. The van der Waals surface area contributed by atoms with Crippen LogP contribution in [0.2, 0.25) is 0 Å². The largest absolute Gasteiger partial charge is 0.465 e. The number of amides is 2. The molecule has 0 aliphatic carbocycles. The van der Waals surface area contributed by atoms with E-state index in [0.29, 0.717) is 0 Å². The number of nitrogen functional groups attached to an aromatic ring is 1. The summed E-state index contributed by atoms with van der Waals surface area (Å²) < 4.78 is 39.0. The fourth-order valence-corrected chi connectivity index (χ4v) is 2.34. The number of nitrogens with two attached hydrogens (primary N) is 1. The third kappa shape index (κ3) is 5.27. The molecule has 0 saturated heterocycles. The van der Waals surface area contributed by atoms with Crippen LogP contribution in [-0.4, -0.2) is 40.6 Å². The van der Waals surface area contributed by atoms with Gasteiger partial charge in [-0.15, -0.1) is 0 Å². The molecule has 0 bridgehead atoms. The van der Waals surface area contributed by atoms with Gasteiger partial charge in [-0.2, -0.15) is 13.2 Å². The molecule has 1 aromatic carbocycles. The summed E-state index contributed by atoms with van der Waals surface area (Å²) in [5.74, 6) is -0.503. The summed E-state index contributed by atoms with van der Waals surface area (Å²) in [4.78, 5) is 25.4. The van der Waals surface area contributed by atoms with Crippen LogP contribution < -0.4 is 10.6 Å². The summed E-state index contributed by atoms with van der Waals surface area (Å²) in [5.41, 5.74) is 3.17. The molecule has 140 valence electrons. The summed E-state index contributed by atoms with van der Waals surface area (Å²) in [7, 11) is 0. The van der Waals surface area contributed by atoms with Gasteiger partial charge in [-0.3, -0.25) is 4.79 Å². The SMILES string of the molecule is CC(=O)N(CCN(C(=O)O)C(C)(C)C)c1ccc(N)c(C(F)(F)F)c1. The highest BCUT2D eigenvalue weighted by Gasteiger charge is 2.34. The smallest absolute Gasteiger partial charge is 0.418 e. The van der Waals surface area contributed by atoms with Gasteiger partial charge in [0.2, 0.25) is 5.91 Å². The van der Waals surface area contributed by atoms with Crippen LogP contribution in [0.4, 0.5) is 29.3 Å². The number of hydrogen-bond donors (Lipinski definition) is 2. The van der Waals surface area contributed by atoms with Crippen LogP contribution in [0.25, 0.3) is 0 Å². The molecule has 0 heterocycles. The first-order valence-corrected chi connectivity index (χ1v) is 7.50. The van der Waals surface area contributed by atoms with Crippen LogP contribution in [0.15, 0.2) is 18.2 Å². The van der Waals surface area contributed by atoms with Crippen molar-refractivity contribution in [2.24, 2.45) is 0 Å². The van der Waals surface area contributed by atoms with Gasteiger partial charge in [0.25, 0.3) is 0 Å². The number of anilines is 2. The number of rotatable bonds is 4. The van der Waals surface area contributed by atoms with Gasteiger partial charge in [-0.25, -0.2) is 4.79 Å². The average Bonchev–Trinajstić information content (AvgIpc) is 2.41. The Labute approximate surface area is 144 Å². The molecular weight excluding hydrogens is 339 g/mol. The molecule has 0 fully saturated rings. The zero-order valence-corrected chi connectivity index (χ0v) is 14.5. The maximum absolute atomic E-state index is 13.0. The van der Waals surface area contributed by atoms with E-state index in [9.17, 15) is 27.9 Å². The van der Waals surface area contributed by atoms with Crippen LogP contribution in [0.1, 0.15) is 33.3 Å². The molecule has 9 heteroatoms. The van der Waals surface area contributed by atoms with Gasteiger partial charge in [0.1, 0.15) is 0 Å². The normalized spacial score (nSPS) is 12.0. The molecule has 0 saturated carbocycles. The Bertz CT molecular complexity index is 654. The van der Waals surface area contributed by atoms with Gasteiger partial charge in [0, 0.05) is 36.9 Å². The predicted molar refractivity (Wildman–Crippen MR) is 88.4 cm³/mol. The highest BCUT2D eigenvalue weighted by Crippen LogP contribution is 2.36. The monoisotopic (exact) mass is 361 g/mol. The zero-order chi connectivity index (χ0) is 19.6. The minimum Gasteiger partial charge on any atom is -0.465 e. The second kappa shape index (κ2) is 7.20. The van der Waals surface area contributed by atoms with Gasteiger partial charge in [-0.1, -0.05) is 0 Å². The third-order valence-electron chi connectivity index (χ3n) is 3.62. The minimum absolute atomic E-state index is 0.00766. The lowest BCUT2D eigenvalue weighted by Gasteiger charge is -2.35. The molecule has 0 aliphatic rings. The lowest BCUT2D eigenvalue weighted by atomic mass is 10.1. The van der Waals surface area contributed by atoms with E-state index < -0.39 is 35.0 Å². The Morgan fingerprint density at radius 3 is 2.12 bits per heavy atom. The van der Waals surface area contributed by atoms with E-state index >= 15 is 0 Å². The fraction of sp³-hybridized carbons (Fsp3) is 0.500. The Hall–Kier alpha value is -2.45. The Morgan fingerprint density at radius 2 is 1.72 bits per heavy atom. The van der Waals surface area contributed by atoms with Crippen molar-refractivity contribution >= 4 is 23.4 Å². The van der Waals surface area contributed by atoms with Crippen molar-refractivity contribution < 1.29 is 27.9 Å². The zero-order valence-electron chi connectivity index (χ0n) is 14.5. The molecule has 0 aliphatic heterocycles. The number of alkyl halides is 3. The standard InChI is InChI=1S/C16H22F3N3O3/c1-10(23)21(7-8-22(14(24)25)15(2,3)4)11-5-6-13(20)12(9-11)16(17,18)19/h5-6,9H,7-8,20H2,1-4H3,(H,24,25). The molecule has 0 aromatic heterocycles. The predicted octanol–water partition coefficient (Wildman–Crippen LogP) is 3.42. The Kier molecular flexibility index (Phi) is 5.93. The van der Waals surface area contributed by atoms with Crippen molar-refractivity contribution in [3.05, 3.63) is 23.8 Å².